The second-order valence-corrected chi connectivity index (χ2v) is 7.19. The Morgan fingerprint density at radius 2 is 1.79 bits per heavy atom. The predicted octanol–water partition coefficient (Wildman–Crippen LogP) is 1.93. The molecule has 3 fully saturated rings. The number of rotatable bonds is 5. The van der Waals surface area contributed by atoms with Crippen molar-refractivity contribution < 1.29 is 0 Å². The fourth-order valence-electron chi connectivity index (χ4n) is 3.83. The molecular formula is C16H31N3. The van der Waals surface area contributed by atoms with Crippen LogP contribution in [-0.2, 0) is 0 Å². The molecular weight excluding hydrogens is 234 g/mol. The van der Waals surface area contributed by atoms with Crippen molar-refractivity contribution in [2.75, 3.05) is 32.7 Å². The summed E-state index contributed by atoms with van der Waals surface area (Å²) in [5.74, 6) is 0.951. The van der Waals surface area contributed by atoms with Gasteiger partial charge < -0.3 is 10.2 Å². The van der Waals surface area contributed by atoms with E-state index in [4.69, 9.17) is 0 Å². The Kier molecular flexibility index (Phi) is 4.45. The van der Waals surface area contributed by atoms with Crippen LogP contribution in [0.4, 0.5) is 0 Å². The van der Waals surface area contributed by atoms with Crippen LogP contribution in [0.1, 0.15) is 46.0 Å². The summed E-state index contributed by atoms with van der Waals surface area (Å²) in [6, 6.07) is 2.49. The largest absolute Gasteiger partial charge is 0.311 e. The van der Waals surface area contributed by atoms with Crippen LogP contribution in [0.15, 0.2) is 0 Å². The third-order valence-electron chi connectivity index (χ3n) is 5.38. The summed E-state index contributed by atoms with van der Waals surface area (Å²) in [7, 11) is 0. The van der Waals surface area contributed by atoms with Gasteiger partial charge in [0.25, 0.3) is 0 Å². The third-order valence-corrected chi connectivity index (χ3v) is 5.38. The van der Waals surface area contributed by atoms with E-state index in [2.05, 4.69) is 29.0 Å². The average Bonchev–Trinajstić information content (AvgIpc) is 3.17. The monoisotopic (exact) mass is 265 g/mol. The standard InChI is InChI=1S/C16H31N3/c1-13-5-8-18(9-6-13)10-7-17-15-11-14(2)19(12-15)16-3-4-16/h13-17H,3-12H2,1-2H3. The Hall–Kier alpha value is -0.120. The number of hydrogen-bond acceptors (Lipinski definition) is 3. The summed E-state index contributed by atoms with van der Waals surface area (Å²) < 4.78 is 0. The molecule has 0 spiro atoms. The van der Waals surface area contributed by atoms with Crippen LogP contribution in [0.5, 0.6) is 0 Å². The SMILES string of the molecule is CC1CCN(CCNC2CC(C)N(C3CC3)C2)CC1. The summed E-state index contributed by atoms with van der Waals surface area (Å²) in [6.07, 6.45) is 7.05. The second kappa shape index (κ2) is 6.11. The van der Waals surface area contributed by atoms with E-state index in [0.717, 1.165) is 24.0 Å². The number of likely N-dealkylation sites (tertiary alicyclic amines) is 2. The molecule has 1 aliphatic carbocycles. The van der Waals surface area contributed by atoms with Crippen molar-refractivity contribution in [3.05, 3.63) is 0 Å². The highest BCUT2D eigenvalue weighted by atomic mass is 15.3. The molecule has 19 heavy (non-hydrogen) atoms. The first-order valence-electron chi connectivity index (χ1n) is 8.44. The molecule has 3 aliphatic rings. The summed E-state index contributed by atoms with van der Waals surface area (Å²) in [6.45, 7) is 11.2. The van der Waals surface area contributed by atoms with Crippen LogP contribution in [0.25, 0.3) is 0 Å². The van der Waals surface area contributed by atoms with Gasteiger partial charge in [-0.2, -0.15) is 0 Å². The zero-order valence-corrected chi connectivity index (χ0v) is 12.8. The first-order chi connectivity index (χ1) is 9.22. The molecule has 110 valence electrons. The number of nitrogens with one attached hydrogen (secondary N) is 1. The minimum atomic E-state index is 0.749. The summed E-state index contributed by atoms with van der Waals surface area (Å²) in [5.41, 5.74) is 0. The molecule has 0 amide bonds. The van der Waals surface area contributed by atoms with Gasteiger partial charge in [0.2, 0.25) is 0 Å². The molecule has 1 N–H and O–H groups in total. The molecule has 0 bridgehead atoms. The zero-order chi connectivity index (χ0) is 13.2. The molecule has 1 saturated carbocycles. The van der Waals surface area contributed by atoms with E-state index >= 15 is 0 Å². The van der Waals surface area contributed by atoms with Crippen molar-refractivity contribution >= 4 is 0 Å². The van der Waals surface area contributed by atoms with Gasteiger partial charge in [-0.05, 0) is 58.0 Å². The van der Waals surface area contributed by atoms with Crippen LogP contribution >= 0.6 is 0 Å². The van der Waals surface area contributed by atoms with Gasteiger partial charge in [-0.1, -0.05) is 6.92 Å². The van der Waals surface area contributed by atoms with Crippen molar-refractivity contribution in [3.63, 3.8) is 0 Å². The molecule has 0 aromatic rings. The lowest BCUT2D eigenvalue weighted by Crippen LogP contribution is -2.41. The lowest BCUT2D eigenvalue weighted by atomic mass is 9.99. The van der Waals surface area contributed by atoms with E-state index in [1.807, 2.05) is 0 Å². The summed E-state index contributed by atoms with van der Waals surface area (Å²) >= 11 is 0. The quantitative estimate of drug-likeness (QED) is 0.819. The Morgan fingerprint density at radius 3 is 2.47 bits per heavy atom. The molecule has 2 atom stereocenters. The topological polar surface area (TPSA) is 18.5 Å². The fraction of sp³-hybridized carbons (Fsp3) is 1.00. The van der Waals surface area contributed by atoms with E-state index in [1.54, 1.807) is 0 Å². The van der Waals surface area contributed by atoms with Crippen molar-refractivity contribution in [3.8, 4) is 0 Å². The second-order valence-electron chi connectivity index (χ2n) is 7.19. The van der Waals surface area contributed by atoms with Gasteiger partial charge in [0.05, 0.1) is 0 Å². The molecule has 0 aromatic heterocycles. The Bertz CT molecular complexity index is 282. The van der Waals surface area contributed by atoms with E-state index < -0.39 is 0 Å². The average molecular weight is 265 g/mol. The van der Waals surface area contributed by atoms with Gasteiger partial charge in [0.1, 0.15) is 0 Å². The van der Waals surface area contributed by atoms with Gasteiger partial charge in [-0.25, -0.2) is 0 Å². The van der Waals surface area contributed by atoms with Crippen LogP contribution < -0.4 is 5.32 Å². The molecule has 3 nitrogen and oxygen atoms in total. The Labute approximate surface area is 118 Å². The highest BCUT2D eigenvalue weighted by Gasteiger charge is 2.38. The molecule has 3 heteroatoms. The number of nitrogens with zero attached hydrogens (tertiary/aromatic N) is 2. The minimum Gasteiger partial charge on any atom is -0.311 e. The maximum Gasteiger partial charge on any atom is 0.0210 e. The molecule has 0 aromatic carbocycles. The molecule has 2 unspecified atom stereocenters. The van der Waals surface area contributed by atoms with Gasteiger partial charge >= 0.3 is 0 Å². The highest BCUT2D eigenvalue weighted by molar-refractivity contribution is 4.95. The first-order valence-corrected chi connectivity index (χ1v) is 8.44. The molecule has 2 aliphatic heterocycles. The van der Waals surface area contributed by atoms with Crippen LogP contribution in [0, 0.1) is 5.92 Å². The van der Waals surface area contributed by atoms with Gasteiger partial charge in [-0.15, -0.1) is 0 Å². The van der Waals surface area contributed by atoms with E-state index in [-0.39, 0.29) is 0 Å². The molecule has 0 radical (unpaired) electrons. The van der Waals surface area contributed by atoms with Crippen molar-refractivity contribution in [1.29, 1.82) is 0 Å². The Balaban J connectivity index is 1.32. The first kappa shape index (κ1) is 13.8. The van der Waals surface area contributed by atoms with Gasteiger partial charge in [-0.3, -0.25) is 4.90 Å². The van der Waals surface area contributed by atoms with Gasteiger partial charge in [0.15, 0.2) is 0 Å². The lowest BCUT2D eigenvalue weighted by molar-refractivity contribution is 0.191. The minimum absolute atomic E-state index is 0.749. The third kappa shape index (κ3) is 3.71. The Morgan fingerprint density at radius 1 is 1.05 bits per heavy atom. The molecule has 2 saturated heterocycles. The van der Waals surface area contributed by atoms with Crippen molar-refractivity contribution in [2.24, 2.45) is 5.92 Å². The number of hydrogen-bond donors (Lipinski definition) is 1. The van der Waals surface area contributed by atoms with Crippen LogP contribution in [-0.4, -0.2) is 60.6 Å². The number of piperidine rings is 1. The zero-order valence-electron chi connectivity index (χ0n) is 12.8. The van der Waals surface area contributed by atoms with Crippen molar-refractivity contribution in [1.82, 2.24) is 15.1 Å². The van der Waals surface area contributed by atoms with E-state index in [1.165, 1.54) is 64.8 Å². The van der Waals surface area contributed by atoms with Gasteiger partial charge in [0, 0.05) is 37.8 Å². The maximum atomic E-state index is 3.80. The van der Waals surface area contributed by atoms with E-state index in [0.29, 0.717) is 0 Å². The molecule has 3 rings (SSSR count). The summed E-state index contributed by atoms with van der Waals surface area (Å²) in [4.78, 5) is 5.38. The van der Waals surface area contributed by atoms with E-state index in [9.17, 15) is 0 Å². The summed E-state index contributed by atoms with van der Waals surface area (Å²) in [5, 5.41) is 3.80. The van der Waals surface area contributed by atoms with Crippen LogP contribution in [0.2, 0.25) is 0 Å². The smallest absolute Gasteiger partial charge is 0.0210 e. The van der Waals surface area contributed by atoms with Crippen LogP contribution in [0.3, 0.4) is 0 Å². The molecule has 2 heterocycles. The maximum absolute atomic E-state index is 3.80. The lowest BCUT2D eigenvalue weighted by Gasteiger charge is -2.30. The fourth-order valence-corrected chi connectivity index (χ4v) is 3.83. The van der Waals surface area contributed by atoms with Crippen molar-refractivity contribution in [2.45, 2.75) is 64.1 Å². The predicted molar refractivity (Wildman–Crippen MR) is 80.4 cm³/mol. The normalized spacial score (nSPS) is 35.1. The highest BCUT2D eigenvalue weighted by Crippen LogP contribution is 2.33.